The minimum absolute atomic E-state index is 0.198. The van der Waals surface area contributed by atoms with Gasteiger partial charge in [-0.1, -0.05) is 139 Å². The fourth-order valence-electron chi connectivity index (χ4n) is 7.30. The van der Waals surface area contributed by atoms with Gasteiger partial charge >= 0.3 is 0 Å². The van der Waals surface area contributed by atoms with E-state index in [1.165, 1.54) is 47.8 Å². The summed E-state index contributed by atoms with van der Waals surface area (Å²) in [7, 11) is 0. The van der Waals surface area contributed by atoms with Crippen molar-refractivity contribution in [2.75, 3.05) is 0 Å². The average Bonchev–Trinajstić information content (AvgIpc) is 3.15. The van der Waals surface area contributed by atoms with Crippen LogP contribution in [-0.2, 0) is 0 Å². The SMILES string of the molecule is [2H]c1c([2H])c([2H])c(-c2cc(-c3ccc4c5c(cccc35)Sc3ccccc3-4)cc(-c3ccc4ccc5cccc6ccc3c4c56)c2)c([2H])c1[2H]. The van der Waals surface area contributed by atoms with Crippen LogP contribution in [0.1, 0.15) is 6.85 Å². The molecule has 0 unspecified atom stereocenters. The van der Waals surface area contributed by atoms with Crippen LogP contribution in [0.3, 0.4) is 0 Å². The molecular formula is C44H26S. The lowest BCUT2D eigenvalue weighted by Gasteiger charge is -2.22. The quantitative estimate of drug-likeness (QED) is 0.184. The van der Waals surface area contributed by atoms with Crippen LogP contribution in [-0.4, -0.2) is 0 Å². The maximum Gasteiger partial charge on any atom is 0.0629 e. The van der Waals surface area contributed by atoms with Crippen LogP contribution in [0.15, 0.2) is 167 Å². The Bertz CT molecular complexity index is 2870. The van der Waals surface area contributed by atoms with E-state index in [0.717, 1.165) is 38.4 Å². The normalized spacial score (nSPS) is 13.9. The Labute approximate surface area is 273 Å². The van der Waals surface area contributed by atoms with E-state index in [9.17, 15) is 0 Å². The minimum Gasteiger partial charge on any atom is -0.0888 e. The lowest BCUT2D eigenvalue weighted by molar-refractivity contribution is 1.40. The highest BCUT2D eigenvalue weighted by Crippen LogP contribution is 2.50. The van der Waals surface area contributed by atoms with Gasteiger partial charge in [0.2, 0.25) is 0 Å². The predicted octanol–water partition coefficient (Wildman–Crippen LogP) is 12.9. The summed E-state index contributed by atoms with van der Waals surface area (Å²) in [4.78, 5) is 2.44. The summed E-state index contributed by atoms with van der Waals surface area (Å²) >= 11 is 1.78. The molecule has 0 N–H and O–H groups in total. The molecule has 1 heteroatoms. The molecular weight excluding hydrogens is 561 g/mol. The third-order valence-corrected chi connectivity index (χ3v) is 10.4. The lowest BCUT2D eigenvalue weighted by Crippen LogP contribution is -1.94. The molecule has 0 atom stereocenters. The highest BCUT2D eigenvalue weighted by Gasteiger charge is 2.21. The second kappa shape index (κ2) is 9.56. The second-order valence-corrected chi connectivity index (χ2v) is 12.8. The van der Waals surface area contributed by atoms with E-state index in [1.807, 2.05) is 12.1 Å². The number of benzene rings is 9. The second-order valence-electron chi connectivity index (χ2n) is 11.7. The predicted molar refractivity (Wildman–Crippen MR) is 194 cm³/mol. The Morgan fingerprint density at radius 2 is 0.978 bits per heavy atom. The smallest absolute Gasteiger partial charge is 0.0629 e. The minimum atomic E-state index is -0.395. The molecule has 1 aliphatic rings. The zero-order valence-corrected chi connectivity index (χ0v) is 24.8. The van der Waals surface area contributed by atoms with E-state index in [4.69, 9.17) is 6.85 Å². The summed E-state index contributed by atoms with van der Waals surface area (Å²) in [6.45, 7) is 0. The Morgan fingerprint density at radius 1 is 0.378 bits per heavy atom. The Morgan fingerprint density at radius 3 is 1.80 bits per heavy atom. The van der Waals surface area contributed by atoms with Gasteiger partial charge in [-0.3, -0.25) is 0 Å². The molecule has 10 rings (SSSR count). The van der Waals surface area contributed by atoms with Crippen LogP contribution < -0.4 is 0 Å². The largest absolute Gasteiger partial charge is 0.0888 e. The van der Waals surface area contributed by atoms with Gasteiger partial charge in [0.15, 0.2) is 0 Å². The molecule has 0 aromatic heterocycles. The summed E-state index contributed by atoms with van der Waals surface area (Å²) < 4.78 is 43.0. The van der Waals surface area contributed by atoms with Crippen molar-refractivity contribution in [3.8, 4) is 44.5 Å². The van der Waals surface area contributed by atoms with Crippen molar-refractivity contribution in [2.24, 2.45) is 0 Å². The zero-order chi connectivity index (χ0) is 33.8. The zero-order valence-electron chi connectivity index (χ0n) is 29.0. The average molecular weight is 592 g/mol. The first kappa shape index (κ1) is 20.6. The van der Waals surface area contributed by atoms with Crippen molar-refractivity contribution in [1.82, 2.24) is 0 Å². The number of rotatable bonds is 3. The van der Waals surface area contributed by atoms with Crippen molar-refractivity contribution in [3.63, 3.8) is 0 Å². The molecule has 0 amide bonds. The molecule has 0 fully saturated rings. The molecule has 0 saturated carbocycles. The van der Waals surface area contributed by atoms with Gasteiger partial charge in [0, 0.05) is 15.2 Å². The van der Waals surface area contributed by atoms with E-state index in [1.54, 1.807) is 11.8 Å². The Kier molecular flexibility index (Phi) is 4.37. The molecule has 9 aromatic rings. The molecule has 0 radical (unpaired) electrons. The highest BCUT2D eigenvalue weighted by atomic mass is 32.2. The van der Waals surface area contributed by atoms with Crippen LogP contribution >= 0.6 is 11.8 Å². The molecule has 0 nitrogen and oxygen atoms in total. The van der Waals surface area contributed by atoms with Gasteiger partial charge in [0.05, 0.1) is 6.85 Å². The summed E-state index contributed by atoms with van der Waals surface area (Å²) in [5.74, 6) is 0. The van der Waals surface area contributed by atoms with Crippen LogP contribution in [0, 0.1) is 0 Å². The number of hydrogen-bond donors (Lipinski definition) is 0. The van der Waals surface area contributed by atoms with E-state index >= 15 is 0 Å². The van der Waals surface area contributed by atoms with E-state index in [0.29, 0.717) is 5.56 Å². The summed E-state index contributed by atoms with van der Waals surface area (Å²) in [6.07, 6.45) is 0. The third-order valence-electron chi connectivity index (χ3n) is 9.27. The summed E-state index contributed by atoms with van der Waals surface area (Å²) in [6, 6.07) is 43.4. The number of fused-ring (bicyclic) bond motifs is 2. The van der Waals surface area contributed by atoms with Crippen molar-refractivity contribution < 1.29 is 6.85 Å². The molecule has 1 aliphatic heterocycles. The summed E-state index contributed by atoms with van der Waals surface area (Å²) in [5.41, 5.74) is 7.09. The van der Waals surface area contributed by atoms with Crippen molar-refractivity contribution >= 4 is 54.9 Å². The molecule has 9 aromatic carbocycles. The first-order valence-corrected chi connectivity index (χ1v) is 15.9. The van der Waals surface area contributed by atoms with Crippen molar-refractivity contribution in [2.45, 2.75) is 9.79 Å². The van der Waals surface area contributed by atoms with Gasteiger partial charge in [0.25, 0.3) is 0 Å². The molecule has 0 aliphatic carbocycles. The first-order chi connectivity index (χ1) is 24.4. The van der Waals surface area contributed by atoms with Crippen LogP contribution in [0.2, 0.25) is 0 Å². The Balaban J connectivity index is 1.29. The van der Waals surface area contributed by atoms with E-state index in [2.05, 4.69) is 115 Å². The fourth-order valence-corrected chi connectivity index (χ4v) is 8.44. The monoisotopic (exact) mass is 591 g/mol. The number of hydrogen-bond acceptors (Lipinski definition) is 1. The maximum atomic E-state index is 8.91. The van der Waals surface area contributed by atoms with Crippen LogP contribution in [0.5, 0.6) is 0 Å². The van der Waals surface area contributed by atoms with Gasteiger partial charge in [-0.05, 0) is 113 Å². The van der Waals surface area contributed by atoms with Crippen molar-refractivity contribution in [1.29, 1.82) is 0 Å². The molecule has 45 heavy (non-hydrogen) atoms. The lowest BCUT2D eigenvalue weighted by atomic mass is 9.86. The van der Waals surface area contributed by atoms with Crippen LogP contribution in [0.25, 0.3) is 87.6 Å². The van der Waals surface area contributed by atoms with E-state index in [-0.39, 0.29) is 29.7 Å². The molecule has 208 valence electrons. The van der Waals surface area contributed by atoms with Gasteiger partial charge in [-0.15, -0.1) is 0 Å². The van der Waals surface area contributed by atoms with Gasteiger partial charge in [-0.25, -0.2) is 0 Å². The van der Waals surface area contributed by atoms with Crippen LogP contribution in [0.4, 0.5) is 0 Å². The third kappa shape index (κ3) is 3.75. The molecule has 0 saturated heterocycles. The molecule has 0 bridgehead atoms. The van der Waals surface area contributed by atoms with Gasteiger partial charge in [0.1, 0.15) is 0 Å². The Hall–Kier alpha value is -5.37. The maximum absolute atomic E-state index is 8.91. The van der Waals surface area contributed by atoms with Gasteiger partial charge in [-0.2, -0.15) is 0 Å². The van der Waals surface area contributed by atoms with Gasteiger partial charge < -0.3 is 0 Å². The first-order valence-electron chi connectivity index (χ1n) is 17.6. The van der Waals surface area contributed by atoms with Crippen molar-refractivity contribution in [3.05, 3.63) is 158 Å². The highest BCUT2D eigenvalue weighted by molar-refractivity contribution is 7.99. The summed E-state index contributed by atoms with van der Waals surface area (Å²) in [5, 5.41) is 9.40. The molecule has 1 heterocycles. The standard InChI is InChI=1S/C44H26S/c1-2-8-27(9-3-1)31-24-32(34-20-18-30-17-16-28-10-6-11-29-19-21-38(34)43(30)42(28)29)26-33(25-31)35-22-23-39-36-12-4-5-14-40(36)45-41-15-7-13-37(35)44(39)41/h1-26H/i1D,2D,3D,8D,9D. The molecule has 0 spiro atoms. The van der Waals surface area contributed by atoms with E-state index < -0.39 is 6.04 Å². The topological polar surface area (TPSA) is 0 Å². The fraction of sp³-hybridized carbons (Fsp3) is 0.